The summed E-state index contributed by atoms with van der Waals surface area (Å²) in [6.45, 7) is 0.0196. The van der Waals surface area contributed by atoms with Crippen molar-refractivity contribution in [3.63, 3.8) is 0 Å². The number of hydrogen-bond acceptors (Lipinski definition) is 5. The van der Waals surface area contributed by atoms with E-state index in [1.54, 1.807) is 12.1 Å². The number of thioether (sulfide) groups is 1. The molecule has 214 valence electrons. The van der Waals surface area contributed by atoms with Crippen molar-refractivity contribution in [1.29, 1.82) is 0 Å². The highest BCUT2D eigenvalue weighted by atomic mass is 32.2. The highest BCUT2D eigenvalue weighted by Crippen LogP contribution is 2.29. The van der Waals surface area contributed by atoms with Gasteiger partial charge >= 0.3 is 0 Å². The molecule has 1 aliphatic rings. The van der Waals surface area contributed by atoms with E-state index < -0.39 is 41.4 Å². The lowest BCUT2D eigenvalue weighted by Gasteiger charge is -2.19. The van der Waals surface area contributed by atoms with Gasteiger partial charge in [-0.15, -0.1) is 11.8 Å². The van der Waals surface area contributed by atoms with E-state index in [4.69, 9.17) is 4.74 Å². The molecule has 1 N–H and O–H groups in total. The Morgan fingerprint density at radius 3 is 2.39 bits per heavy atom. The molecular weight excluding hydrogens is 563 g/mol. The molecule has 0 aliphatic carbocycles. The highest BCUT2D eigenvalue weighted by molar-refractivity contribution is 8.02. The van der Waals surface area contributed by atoms with Gasteiger partial charge in [-0.25, -0.2) is 26.9 Å². The molecule has 5 rings (SSSR count). The highest BCUT2D eigenvalue weighted by Gasteiger charge is 2.28. The predicted octanol–water partition coefficient (Wildman–Crippen LogP) is 6.85. The first-order chi connectivity index (χ1) is 19.8. The first kappa shape index (κ1) is 29.8. The molecule has 0 spiro atoms. The Morgan fingerprint density at radius 2 is 1.80 bits per heavy atom. The average Bonchev–Trinajstić information content (AvgIpc) is 3.71. The number of nitrogens with zero attached hydrogens (tertiary/aromatic N) is 3. The number of carbonyl (C=O) groups is 1. The fraction of sp³-hybridized carbons (Fsp3) is 0.207. The second-order valence-corrected chi connectivity index (χ2v) is 9.79. The van der Waals surface area contributed by atoms with Crippen LogP contribution in [-0.4, -0.2) is 33.5 Å². The van der Waals surface area contributed by atoms with Crippen LogP contribution in [0, 0.1) is 17.5 Å². The van der Waals surface area contributed by atoms with Crippen LogP contribution in [0.25, 0.3) is 11.1 Å². The number of halogens is 5. The van der Waals surface area contributed by atoms with Crippen LogP contribution in [0.15, 0.2) is 78.6 Å². The van der Waals surface area contributed by atoms with Crippen LogP contribution in [0.2, 0.25) is 0 Å². The summed E-state index contributed by atoms with van der Waals surface area (Å²) in [6.07, 6.45) is 3.98. The van der Waals surface area contributed by atoms with E-state index in [0.29, 0.717) is 11.4 Å². The summed E-state index contributed by atoms with van der Waals surface area (Å²) >= 11 is 1.89. The molecular formula is C29H25F5N4O2S. The molecule has 0 saturated heterocycles. The number of pyridine rings is 1. The van der Waals surface area contributed by atoms with Crippen LogP contribution in [0.1, 0.15) is 35.6 Å². The third-order valence-electron chi connectivity index (χ3n) is 6.00. The van der Waals surface area contributed by atoms with Crippen molar-refractivity contribution in [3.05, 3.63) is 113 Å². The van der Waals surface area contributed by atoms with Gasteiger partial charge in [-0.2, -0.15) is 5.10 Å². The lowest BCUT2D eigenvalue weighted by molar-refractivity contribution is -0.123. The minimum atomic E-state index is -2.84. The van der Waals surface area contributed by atoms with Crippen LogP contribution < -0.4 is 10.1 Å². The molecule has 0 radical (unpaired) electrons. The van der Waals surface area contributed by atoms with Crippen molar-refractivity contribution in [3.8, 4) is 17.0 Å². The van der Waals surface area contributed by atoms with E-state index in [2.05, 4.69) is 26.9 Å². The zero-order valence-corrected chi connectivity index (χ0v) is 22.6. The van der Waals surface area contributed by atoms with Gasteiger partial charge in [0.25, 0.3) is 6.43 Å². The van der Waals surface area contributed by atoms with Crippen molar-refractivity contribution < 1.29 is 31.5 Å². The maximum atomic E-state index is 15.3. The molecule has 1 atom stereocenters. The van der Waals surface area contributed by atoms with Gasteiger partial charge in [-0.1, -0.05) is 24.3 Å². The molecule has 1 unspecified atom stereocenters. The lowest BCUT2D eigenvalue weighted by Crippen LogP contribution is -2.33. The quantitative estimate of drug-likeness (QED) is 0.228. The topological polar surface area (TPSA) is 69.0 Å². The minimum absolute atomic E-state index is 0.0196. The summed E-state index contributed by atoms with van der Waals surface area (Å²) in [5, 5.41) is 8.65. The number of alkyl halides is 2. The molecule has 6 nitrogen and oxygen atoms in total. The summed E-state index contributed by atoms with van der Waals surface area (Å²) in [6, 6.07) is 8.64. The third-order valence-corrected chi connectivity index (χ3v) is 6.86. The molecule has 2 aromatic heterocycles. The fourth-order valence-electron chi connectivity index (χ4n) is 3.91. The van der Waals surface area contributed by atoms with E-state index in [0.717, 1.165) is 35.3 Å². The van der Waals surface area contributed by atoms with E-state index in [1.807, 2.05) is 11.8 Å². The van der Waals surface area contributed by atoms with Crippen LogP contribution in [0.5, 0.6) is 5.88 Å². The first-order valence-corrected chi connectivity index (χ1v) is 13.4. The molecule has 12 heteroatoms. The smallest absolute Gasteiger partial charge is 0.266 e. The van der Waals surface area contributed by atoms with Gasteiger partial charge in [-0.3, -0.25) is 9.48 Å². The van der Waals surface area contributed by atoms with Crippen LogP contribution in [0.3, 0.4) is 0 Å². The van der Waals surface area contributed by atoms with E-state index >= 15 is 4.39 Å². The SMILES string of the molecule is C1=CSCC1.COc1cc(CNC(=O)C(c2ccc(-c3ccc(F)c(F)c3)cc2F)n2cc(C(F)F)cn2)ccn1. The number of methoxy groups -OCH3 is 1. The molecule has 0 bridgehead atoms. The number of ether oxygens (including phenoxy) is 1. The van der Waals surface area contributed by atoms with Crippen molar-refractivity contribution in [2.24, 2.45) is 0 Å². The maximum absolute atomic E-state index is 15.3. The standard InChI is InChI=1S/C25H19F5N4O2.C4H6S/c1-36-22-8-14(6-7-31-22)11-32-25(35)23(34-13-17(12-33-34)24(29)30)18-4-2-15(9-20(18)27)16-3-5-19(26)21(28)10-16;1-2-4-5-3-1/h2-10,12-13,23-24H,11H2,1H3,(H,32,35);1,3H,2,4H2. The Morgan fingerprint density at radius 1 is 1.05 bits per heavy atom. The number of benzene rings is 2. The molecule has 41 heavy (non-hydrogen) atoms. The second-order valence-electron chi connectivity index (χ2n) is 8.78. The molecule has 0 fully saturated rings. The first-order valence-electron chi connectivity index (χ1n) is 12.4. The van der Waals surface area contributed by atoms with Gasteiger partial charge in [-0.05, 0) is 52.8 Å². The van der Waals surface area contributed by atoms with Gasteiger partial charge < -0.3 is 10.1 Å². The Hall–Kier alpha value is -4.19. The molecule has 3 heterocycles. The van der Waals surface area contributed by atoms with Gasteiger partial charge in [0.1, 0.15) is 5.82 Å². The number of hydrogen-bond donors (Lipinski definition) is 1. The van der Waals surface area contributed by atoms with Gasteiger partial charge in [0, 0.05) is 36.3 Å². The Balaban J connectivity index is 0.000000699. The number of carbonyl (C=O) groups excluding carboxylic acids is 1. The number of nitrogens with one attached hydrogen (secondary N) is 1. The molecule has 2 aromatic carbocycles. The number of amides is 1. The summed E-state index contributed by atoms with van der Waals surface area (Å²) in [7, 11) is 1.44. The summed E-state index contributed by atoms with van der Waals surface area (Å²) in [5.74, 6) is -2.09. The Labute approximate surface area is 237 Å². The number of rotatable bonds is 8. The van der Waals surface area contributed by atoms with Crippen molar-refractivity contribution in [2.45, 2.75) is 25.4 Å². The van der Waals surface area contributed by atoms with Crippen molar-refractivity contribution in [2.75, 3.05) is 12.9 Å². The number of allylic oxidation sites excluding steroid dienone is 1. The maximum Gasteiger partial charge on any atom is 0.266 e. The summed E-state index contributed by atoms with van der Waals surface area (Å²) < 4.78 is 74.5. The van der Waals surface area contributed by atoms with E-state index in [9.17, 15) is 22.4 Å². The monoisotopic (exact) mass is 588 g/mol. The zero-order valence-electron chi connectivity index (χ0n) is 21.7. The van der Waals surface area contributed by atoms with Gasteiger partial charge in [0.2, 0.25) is 11.8 Å². The lowest BCUT2D eigenvalue weighted by atomic mass is 9.99. The average molecular weight is 589 g/mol. The molecule has 4 aromatic rings. The normalized spacial score (nSPS) is 13.0. The Kier molecular flexibility index (Phi) is 10.1. The zero-order chi connectivity index (χ0) is 29.4. The molecule has 1 amide bonds. The van der Waals surface area contributed by atoms with Crippen LogP contribution in [0.4, 0.5) is 22.0 Å². The van der Waals surface area contributed by atoms with E-state index in [1.165, 1.54) is 43.7 Å². The second kappa shape index (κ2) is 13.9. The summed E-state index contributed by atoms with van der Waals surface area (Å²) in [5.41, 5.74) is 0.482. The van der Waals surface area contributed by atoms with Crippen LogP contribution in [-0.2, 0) is 11.3 Å². The van der Waals surface area contributed by atoms with Crippen LogP contribution >= 0.6 is 11.8 Å². The molecule has 0 saturated carbocycles. The van der Waals surface area contributed by atoms with Crippen molar-refractivity contribution >= 4 is 17.7 Å². The largest absolute Gasteiger partial charge is 0.481 e. The fourth-order valence-corrected chi connectivity index (χ4v) is 4.59. The van der Waals surface area contributed by atoms with Crippen molar-refractivity contribution in [1.82, 2.24) is 20.1 Å². The third kappa shape index (κ3) is 7.72. The Bertz CT molecular complexity index is 1520. The minimum Gasteiger partial charge on any atom is -0.481 e. The molecule has 1 aliphatic heterocycles. The predicted molar refractivity (Wildman–Crippen MR) is 146 cm³/mol. The summed E-state index contributed by atoms with van der Waals surface area (Å²) in [4.78, 5) is 17.2. The number of aromatic nitrogens is 3. The van der Waals surface area contributed by atoms with E-state index in [-0.39, 0.29) is 23.2 Å². The van der Waals surface area contributed by atoms with Gasteiger partial charge in [0.15, 0.2) is 17.7 Å². The van der Waals surface area contributed by atoms with Gasteiger partial charge in [0.05, 0.1) is 18.9 Å².